The van der Waals surface area contributed by atoms with Crippen LogP contribution < -0.4 is 21.9 Å². The highest BCUT2D eigenvalue weighted by atomic mass is 35.5. The van der Waals surface area contributed by atoms with Crippen LogP contribution >= 0.6 is 23.2 Å². The number of hydrogen-bond donors (Lipinski definition) is 2. The molecule has 0 bridgehead atoms. The Labute approximate surface area is 178 Å². The highest BCUT2D eigenvalue weighted by molar-refractivity contribution is 6.44. The van der Waals surface area contributed by atoms with Gasteiger partial charge in [-0.15, -0.1) is 0 Å². The van der Waals surface area contributed by atoms with E-state index in [1.54, 1.807) is 12.1 Å². The molecule has 1 aromatic heterocycles. The second-order valence-corrected chi connectivity index (χ2v) is 7.69. The van der Waals surface area contributed by atoms with Gasteiger partial charge in [0.15, 0.2) is 5.69 Å². The van der Waals surface area contributed by atoms with Crippen molar-refractivity contribution in [2.75, 3.05) is 30.9 Å². The summed E-state index contributed by atoms with van der Waals surface area (Å²) in [4.78, 5) is 41.6. The quantitative estimate of drug-likeness (QED) is 0.610. The van der Waals surface area contributed by atoms with Crippen LogP contribution in [0.3, 0.4) is 0 Å². The smallest absolute Gasteiger partial charge is 0.330 e. The van der Waals surface area contributed by atoms with Crippen molar-refractivity contribution in [3.05, 3.63) is 54.6 Å². The molecule has 158 valence electrons. The molecular weight excluding hydrogens is 419 g/mol. The van der Waals surface area contributed by atoms with Gasteiger partial charge in [-0.1, -0.05) is 43.1 Å². The van der Waals surface area contributed by atoms with E-state index < -0.39 is 17.2 Å². The summed E-state index contributed by atoms with van der Waals surface area (Å²) in [5.41, 5.74) is 4.81. The first-order valence-corrected chi connectivity index (χ1v) is 9.82. The number of rotatable bonds is 8. The molecule has 29 heavy (non-hydrogen) atoms. The molecule has 0 fully saturated rings. The maximum Gasteiger partial charge on any atom is 0.330 e. The molecule has 1 amide bonds. The molecule has 2 rings (SSSR count). The molecule has 0 saturated heterocycles. The summed E-state index contributed by atoms with van der Waals surface area (Å²) < 4.78 is 6.30. The third kappa shape index (κ3) is 5.20. The number of halogens is 2. The standard InChI is InChI=1S/C19H24Cl2N4O4/c1-11(2)10-25-16(22)15(17(26)23-19(25)28)24(8-5-9-29-3)18(27)12-6-4-7-13(20)14(12)21/h4,6-7,11H,5,8-10,22H2,1-3H3,(H,23,26,28). The summed E-state index contributed by atoms with van der Waals surface area (Å²) >= 11 is 12.2. The van der Waals surface area contributed by atoms with Crippen LogP contribution in [0.15, 0.2) is 27.8 Å². The van der Waals surface area contributed by atoms with E-state index in [-0.39, 0.29) is 46.1 Å². The molecule has 8 nitrogen and oxygen atoms in total. The number of nitrogens with one attached hydrogen (secondary N) is 1. The first-order valence-electron chi connectivity index (χ1n) is 9.06. The Kier molecular flexibility index (Phi) is 7.89. The minimum atomic E-state index is -0.753. The number of hydrogen-bond acceptors (Lipinski definition) is 5. The number of ether oxygens (including phenoxy) is 1. The third-order valence-corrected chi connectivity index (χ3v) is 5.01. The number of aromatic amines is 1. The van der Waals surface area contributed by atoms with Crippen LogP contribution in [0.25, 0.3) is 0 Å². The lowest BCUT2D eigenvalue weighted by atomic mass is 10.1. The minimum Gasteiger partial charge on any atom is -0.385 e. The van der Waals surface area contributed by atoms with Crippen molar-refractivity contribution in [1.82, 2.24) is 9.55 Å². The molecule has 0 aliphatic carbocycles. The number of nitrogen functional groups attached to an aromatic ring is 1. The van der Waals surface area contributed by atoms with Crippen LogP contribution in [0, 0.1) is 5.92 Å². The van der Waals surface area contributed by atoms with Gasteiger partial charge >= 0.3 is 5.69 Å². The first kappa shape index (κ1) is 23.0. The predicted molar refractivity (Wildman–Crippen MR) is 115 cm³/mol. The Balaban J connectivity index is 2.64. The maximum absolute atomic E-state index is 13.3. The maximum atomic E-state index is 13.3. The van der Waals surface area contributed by atoms with Crippen molar-refractivity contribution in [3.63, 3.8) is 0 Å². The summed E-state index contributed by atoms with van der Waals surface area (Å²) in [6, 6.07) is 4.65. The van der Waals surface area contributed by atoms with Crippen LogP contribution in [-0.4, -0.2) is 35.7 Å². The van der Waals surface area contributed by atoms with Gasteiger partial charge in [-0.3, -0.25) is 19.1 Å². The van der Waals surface area contributed by atoms with E-state index in [0.29, 0.717) is 13.0 Å². The second-order valence-electron chi connectivity index (χ2n) is 6.90. The van der Waals surface area contributed by atoms with Crippen LogP contribution in [0.2, 0.25) is 10.0 Å². The van der Waals surface area contributed by atoms with Crippen LogP contribution in [0.1, 0.15) is 30.6 Å². The van der Waals surface area contributed by atoms with E-state index in [0.717, 1.165) is 0 Å². The molecule has 0 spiro atoms. The fraction of sp³-hybridized carbons (Fsp3) is 0.421. The van der Waals surface area contributed by atoms with Gasteiger partial charge in [0.05, 0.1) is 15.6 Å². The van der Waals surface area contributed by atoms with Crippen LogP contribution in [0.5, 0.6) is 0 Å². The van der Waals surface area contributed by atoms with Gasteiger partial charge in [-0.05, 0) is 24.5 Å². The SMILES string of the molecule is COCCCN(C(=O)c1cccc(Cl)c1Cl)c1c(N)n(CC(C)C)c(=O)[nH]c1=O. The normalized spacial score (nSPS) is 11.1. The Bertz CT molecular complexity index is 1000. The molecule has 1 aromatic carbocycles. The van der Waals surface area contributed by atoms with E-state index in [4.69, 9.17) is 33.7 Å². The number of anilines is 2. The zero-order chi connectivity index (χ0) is 21.7. The number of nitrogens with two attached hydrogens (primary N) is 1. The molecule has 1 heterocycles. The van der Waals surface area contributed by atoms with E-state index in [1.807, 2.05) is 13.8 Å². The first-order chi connectivity index (χ1) is 13.7. The van der Waals surface area contributed by atoms with Gasteiger partial charge in [0.2, 0.25) is 0 Å². The topological polar surface area (TPSA) is 110 Å². The minimum absolute atomic E-state index is 0.0708. The molecule has 0 unspecified atom stereocenters. The number of H-pyrrole nitrogens is 1. The monoisotopic (exact) mass is 442 g/mol. The van der Waals surface area contributed by atoms with E-state index in [9.17, 15) is 14.4 Å². The molecular formula is C19H24Cl2N4O4. The number of benzene rings is 1. The third-order valence-electron chi connectivity index (χ3n) is 4.19. The highest BCUT2D eigenvalue weighted by Crippen LogP contribution is 2.28. The zero-order valence-electron chi connectivity index (χ0n) is 16.5. The van der Waals surface area contributed by atoms with Gasteiger partial charge in [-0.25, -0.2) is 4.79 Å². The van der Waals surface area contributed by atoms with Crippen molar-refractivity contribution in [1.29, 1.82) is 0 Å². The average molecular weight is 443 g/mol. The summed E-state index contributed by atoms with van der Waals surface area (Å²) in [6.07, 6.45) is 0.433. The number of aromatic nitrogens is 2. The predicted octanol–water partition coefficient (Wildman–Crippen LogP) is 2.76. The van der Waals surface area contributed by atoms with Gasteiger partial charge in [0, 0.05) is 26.8 Å². The fourth-order valence-corrected chi connectivity index (χ4v) is 3.26. The molecule has 0 atom stereocenters. The average Bonchev–Trinajstić information content (AvgIpc) is 2.65. The molecule has 3 N–H and O–H groups in total. The van der Waals surface area contributed by atoms with Crippen LogP contribution in [0.4, 0.5) is 11.5 Å². The van der Waals surface area contributed by atoms with Crippen molar-refractivity contribution in [2.24, 2.45) is 5.92 Å². The van der Waals surface area contributed by atoms with Crippen molar-refractivity contribution in [3.8, 4) is 0 Å². The molecule has 0 saturated carbocycles. The summed E-state index contributed by atoms with van der Waals surface area (Å²) in [5.74, 6) is -0.550. The number of amides is 1. The molecule has 10 heteroatoms. The molecule has 2 aromatic rings. The van der Waals surface area contributed by atoms with Gasteiger partial charge < -0.3 is 15.4 Å². The van der Waals surface area contributed by atoms with E-state index >= 15 is 0 Å². The molecule has 0 aliphatic rings. The van der Waals surface area contributed by atoms with E-state index in [2.05, 4.69) is 4.98 Å². The van der Waals surface area contributed by atoms with Crippen LogP contribution in [-0.2, 0) is 11.3 Å². The highest BCUT2D eigenvalue weighted by Gasteiger charge is 2.27. The summed E-state index contributed by atoms with van der Waals surface area (Å²) in [7, 11) is 1.53. The molecule has 0 aliphatic heterocycles. The van der Waals surface area contributed by atoms with Crippen molar-refractivity contribution < 1.29 is 9.53 Å². The Morgan fingerprint density at radius 3 is 2.62 bits per heavy atom. The lowest BCUT2D eigenvalue weighted by Crippen LogP contribution is -2.42. The summed E-state index contributed by atoms with van der Waals surface area (Å²) in [6.45, 7) is 4.58. The van der Waals surface area contributed by atoms with E-state index in [1.165, 1.54) is 22.6 Å². The second kappa shape index (κ2) is 9.96. The van der Waals surface area contributed by atoms with Gasteiger partial charge in [0.1, 0.15) is 5.82 Å². The fourth-order valence-electron chi connectivity index (χ4n) is 2.88. The number of carbonyl (C=O) groups is 1. The molecule has 0 radical (unpaired) electrons. The lowest BCUT2D eigenvalue weighted by molar-refractivity contribution is 0.0983. The number of carbonyl (C=O) groups excluding carboxylic acids is 1. The van der Waals surface area contributed by atoms with Gasteiger partial charge in [-0.2, -0.15) is 0 Å². The number of nitrogens with zero attached hydrogens (tertiary/aromatic N) is 2. The Morgan fingerprint density at radius 2 is 2.00 bits per heavy atom. The lowest BCUT2D eigenvalue weighted by Gasteiger charge is -2.25. The van der Waals surface area contributed by atoms with Crippen molar-refractivity contribution >= 4 is 40.6 Å². The van der Waals surface area contributed by atoms with Crippen molar-refractivity contribution in [2.45, 2.75) is 26.8 Å². The zero-order valence-corrected chi connectivity index (χ0v) is 18.0. The number of methoxy groups -OCH3 is 1. The largest absolute Gasteiger partial charge is 0.385 e. The summed E-state index contributed by atoms with van der Waals surface area (Å²) in [5, 5.41) is 0.280. The van der Waals surface area contributed by atoms with Gasteiger partial charge in [0.25, 0.3) is 11.5 Å². The Hall–Kier alpha value is -2.29. The Morgan fingerprint density at radius 1 is 1.31 bits per heavy atom.